The smallest absolute Gasteiger partial charge is 0 e. The van der Waals surface area contributed by atoms with Crippen LogP contribution in [0.4, 0.5) is 0 Å². The van der Waals surface area contributed by atoms with Gasteiger partial charge in [-0.15, -0.1) is 6.58 Å². The second-order valence-electron chi connectivity index (χ2n) is 1.78. The van der Waals surface area contributed by atoms with Crippen LogP contribution in [-0.2, 0) is 0 Å². The summed E-state index contributed by atoms with van der Waals surface area (Å²) in [5.41, 5.74) is 0. The molecule has 3 radical (unpaired) electrons. The Balaban J connectivity index is 0. The van der Waals surface area contributed by atoms with Crippen molar-refractivity contribution in [2.75, 3.05) is 0 Å². The van der Waals surface area contributed by atoms with Gasteiger partial charge in [0.1, 0.15) is 0 Å². The van der Waals surface area contributed by atoms with Crippen molar-refractivity contribution >= 4 is 9.90 Å². The molecule has 0 spiro atoms. The lowest BCUT2D eigenvalue weighted by atomic mass is 10.2. The second-order valence-corrected chi connectivity index (χ2v) is 1.78. The number of hydrogen-bond acceptors (Lipinski definition) is 0. The van der Waals surface area contributed by atoms with E-state index in [2.05, 4.69) is 13.5 Å². The van der Waals surface area contributed by atoms with Gasteiger partial charge in [-0.3, -0.25) is 0 Å². The fourth-order valence-corrected chi connectivity index (χ4v) is 0.539. The zero-order valence-corrected chi connectivity index (χ0v) is 6.45. The monoisotopic (exact) mass is 129 g/mol. The molecule has 0 nitrogen and oxygen atoms in total. The van der Waals surface area contributed by atoms with Gasteiger partial charge in [-0.1, -0.05) is 25.8 Å². The van der Waals surface area contributed by atoms with Gasteiger partial charge in [-0.2, -0.15) is 0 Å². The molecule has 0 saturated carbocycles. The highest BCUT2D eigenvalue weighted by Crippen LogP contribution is 1.97. The molecule has 0 aliphatic carbocycles. The summed E-state index contributed by atoms with van der Waals surface area (Å²) in [6.07, 6.45) is 7.16. The van der Waals surface area contributed by atoms with Crippen LogP contribution < -0.4 is 0 Å². The lowest BCUT2D eigenvalue weighted by Crippen LogP contribution is -1.67. The number of hydrogen-bond donors (Lipinski definition) is 0. The molecule has 0 amide bonds. The molecular weight excluding hydrogens is 115 g/mol. The van der Waals surface area contributed by atoms with Crippen LogP contribution in [0, 0.1) is 0 Å². The maximum atomic E-state index is 3.63. The molecular formula is C7H14P. The Morgan fingerprint density at radius 2 is 2.00 bits per heavy atom. The summed E-state index contributed by atoms with van der Waals surface area (Å²) in [5, 5.41) is 0. The molecule has 0 aliphatic heterocycles. The summed E-state index contributed by atoms with van der Waals surface area (Å²) in [7, 11) is 0. The quantitative estimate of drug-likeness (QED) is 0.309. The molecule has 0 aliphatic rings. The number of rotatable bonds is 4. The minimum absolute atomic E-state index is 0. The minimum atomic E-state index is 0. The average Bonchev–Trinajstić information content (AvgIpc) is 1.69. The van der Waals surface area contributed by atoms with Crippen molar-refractivity contribution in [3.63, 3.8) is 0 Å². The summed E-state index contributed by atoms with van der Waals surface area (Å²) in [5.74, 6) is 0. The lowest BCUT2D eigenvalue weighted by Gasteiger charge is -1.87. The normalized spacial score (nSPS) is 7.62. The summed E-state index contributed by atoms with van der Waals surface area (Å²) < 4.78 is 0. The van der Waals surface area contributed by atoms with Gasteiger partial charge < -0.3 is 0 Å². The Morgan fingerprint density at radius 3 is 2.38 bits per heavy atom. The zero-order valence-electron chi connectivity index (χ0n) is 5.56. The minimum Gasteiger partial charge on any atom is -0.103 e. The van der Waals surface area contributed by atoms with Gasteiger partial charge >= 0.3 is 0 Å². The second kappa shape index (κ2) is 10.2. The predicted octanol–water partition coefficient (Wildman–Crippen LogP) is 3.61. The van der Waals surface area contributed by atoms with Crippen molar-refractivity contribution in [1.82, 2.24) is 0 Å². The van der Waals surface area contributed by atoms with E-state index in [1.54, 1.807) is 0 Å². The Hall–Kier alpha value is 0.170. The standard InChI is InChI=1S/C7H14.P/c1-3-5-7-6-4-2;/h3H,1,4-7H2,2H3;. The van der Waals surface area contributed by atoms with E-state index in [9.17, 15) is 0 Å². The van der Waals surface area contributed by atoms with Gasteiger partial charge in [-0.25, -0.2) is 0 Å². The van der Waals surface area contributed by atoms with E-state index < -0.39 is 0 Å². The highest BCUT2D eigenvalue weighted by Gasteiger charge is 1.77. The summed E-state index contributed by atoms with van der Waals surface area (Å²) in [6.45, 7) is 5.84. The lowest BCUT2D eigenvalue weighted by molar-refractivity contribution is 0.730. The molecule has 0 bridgehead atoms. The molecule has 0 aromatic heterocycles. The van der Waals surface area contributed by atoms with E-state index in [-0.39, 0.29) is 9.90 Å². The number of unbranched alkanes of at least 4 members (excludes halogenated alkanes) is 3. The molecule has 0 atom stereocenters. The Bertz CT molecular complexity index is 41.7. The maximum absolute atomic E-state index is 3.63. The third-order valence-corrected chi connectivity index (χ3v) is 1.01. The van der Waals surface area contributed by atoms with E-state index >= 15 is 0 Å². The van der Waals surface area contributed by atoms with Gasteiger partial charge in [0.2, 0.25) is 0 Å². The van der Waals surface area contributed by atoms with E-state index in [0.717, 1.165) is 0 Å². The Kier molecular flexibility index (Phi) is 14.1. The van der Waals surface area contributed by atoms with Gasteiger partial charge in [-0.05, 0) is 12.8 Å². The van der Waals surface area contributed by atoms with Crippen molar-refractivity contribution in [2.45, 2.75) is 32.6 Å². The van der Waals surface area contributed by atoms with E-state index in [1.807, 2.05) is 6.08 Å². The van der Waals surface area contributed by atoms with E-state index in [4.69, 9.17) is 0 Å². The first-order valence-corrected chi connectivity index (χ1v) is 3.02. The first-order valence-electron chi connectivity index (χ1n) is 3.02. The van der Waals surface area contributed by atoms with Crippen LogP contribution in [0.25, 0.3) is 0 Å². The first kappa shape index (κ1) is 11.0. The fraction of sp³-hybridized carbons (Fsp3) is 0.714. The predicted molar refractivity (Wildman–Crippen MR) is 41.3 cm³/mol. The van der Waals surface area contributed by atoms with Crippen LogP contribution in [-0.4, -0.2) is 0 Å². The SMILES string of the molecule is C=CCCCCC.[P]. The fourth-order valence-electron chi connectivity index (χ4n) is 0.539. The van der Waals surface area contributed by atoms with Crippen LogP contribution in [0.3, 0.4) is 0 Å². The van der Waals surface area contributed by atoms with Gasteiger partial charge in [0.25, 0.3) is 0 Å². The van der Waals surface area contributed by atoms with Crippen LogP contribution in [0.15, 0.2) is 12.7 Å². The topological polar surface area (TPSA) is 0 Å². The molecule has 0 heterocycles. The molecule has 0 aromatic carbocycles. The molecule has 0 rings (SSSR count). The molecule has 0 N–H and O–H groups in total. The number of allylic oxidation sites excluding steroid dienone is 1. The van der Waals surface area contributed by atoms with Crippen molar-refractivity contribution < 1.29 is 0 Å². The van der Waals surface area contributed by atoms with Gasteiger partial charge in [0, 0.05) is 9.90 Å². The zero-order chi connectivity index (χ0) is 5.54. The van der Waals surface area contributed by atoms with Crippen LogP contribution in [0.2, 0.25) is 0 Å². The van der Waals surface area contributed by atoms with Crippen LogP contribution in [0.1, 0.15) is 32.6 Å². The van der Waals surface area contributed by atoms with Crippen LogP contribution >= 0.6 is 9.90 Å². The molecule has 47 valence electrons. The Labute approximate surface area is 56.0 Å². The molecule has 0 aromatic rings. The van der Waals surface area contributed by atoms with E-state index in [1.165, 1.54) is 25.7 Å². The third kappa shape index (κ3) is 9.48. The highest BCUT2D eigenvalue weighted by atomic mass is 31.0. The maximum Gasteiger partial charge on any atom is 0 e. The molecule has 0 saturated heterocycles. The molecule has 0 fully saturated rings. The van der Waals surface area contributed by atoms with Gasteiger partial charge in [0.15, 0.2) is 0 Å². The van der Waals surface area contributed by atoms with Crippen molar-refractivity contribution in [3.8, 4) is 0 Å². The van der Waals surface area contributed by atoms with Crippen molar-refractivity contribution in [3.05, 3.63) is 12.7 Å². The van der Waals surface area contributed by atoms with Crippen molar-refractivity contribution in [1.29, 1.82) is 0 Å². The van der Waals surface area contributed by atoms with Gasteiger partial charge in [0.05, 0.1) is 0 Å². The average molecular weight is 129 g/mol. The molecule has 1 heteroatoms. The Morgan fingerprint density at radius 1 is 1.38 bits per heavy atom. The molecule has 8 heavy (non-hydrogen) atoms. The first-order chi connectivity index (χ1) is 3.41. The largest absolute Gasteiger partial charge is 0.103 e. The van der Waals surface area contributed by atoms with E-state index in [0.29, 0.717) is 0 Å². The molecule has 0 unspecified atom stereocenters. The summed E-state index contributed by atoms with van der Waals surface area (Å²) in [4.78, 5) is 0. The van der Waals surface area contributed by atoms with Crippen molar-refractivity contribution in [2.24, 2.45) is 0 Å². The summed E-state index contributed by atoms with van der Waals surface area (Å²) in [6, 6.07) is 0. The summed E-state index contributed by atoms with van der Waals surface area (Å²) >= 11 is 0. The highest BCUT2D eigenvalue weighted by molar-refractivity contribution is 6.92. The van der Waals surface area contributed by atoms with Crippen LogP contribution in [0.5, 0.6) is 0 Å². The third-order valence-electron chi connectivity index (χ3n) is 1.01.